The Balaban J connectivity index is 2.10. The average molecular weight is 340 g/mol. The van der Waals surface area contributed by atoms with Crippen molar-refractivity contribution in [1.82, 2.24) is 0 Å². The maximum absolute atomic E-state index is 12.4. The van der Waals surface area contributed by atoms with E-state index in [-0.39, 0.29) is 17.5 Å². The van der Waals surface area contributed by atoms with Gasteiger partial charge in [-0.1, -0.05) is 18.6 Å². The van der Waals surface area contributed by atoms with Crippen molar-refractivity contribution >= 4 is 33.3 Å². The lowest BCUT2D eigenvalue weighted by molar-refractivity contribution is -0.143. The molecule has 0 radical (unpaired) electrons. The summed E-state index contributed by atoms with van der Waals surface area (Å²) in [7, 11) is -3.46. The van der Waals surface area contributed by atoms with Crippen LogP contribution in [0.25, 0.3) is 0 Å². The first-order chi connectivity index (χ1) is 10.8. The molecular weight excluding hydrogens is 320 g/mol. The fourth-order valence-corrected chi connectivity index (χ4v) is 3.35. The predicted octanol–water partition coefficient (Wildman–Crippen LogP) is 1.89. The number of anilines is 2. The first kappa shape index (κ1) is 17.3. The Morgan fingerprint density at radius 1 is 1.13 bits per heavy atom. The van der Waals surface area contributed by atoms with Crippen molar-refractivity contribution in [2.45, 2.75) is 25.7 Å². The van der Waals surface area contributed by atoms with Gasteiger partial charge in [-0.05, 0) is 31.4 Å². The summed E-state index contributed by atoms with van der Waals surface area (Å²) in [6, 6.07) is 6.49. The highest BCUT2D eigenvalue weighted by molar-refractivity contribution is 7.92. The van der Waals surface area contributed by atoms with E-state index >= 15 is 0 Å². The lowest BCUT2D eigenvalue weighted by Crippen LogP contribution is -2.31. The van der Waals surface area contributed by atoms with E-state index < -0.39 is 21.9 Å². The normalized spacial score (nSPS) is 21.4. The Kier molecular flexibility index (Phi) is 5.25. The third-order valence-corrected chi connectivity index (χ3v) is 4.47. The maximum Gasteiger partial charge on any atom is 0.306 e. The van der Waals surface area contributed by atoms with Crippen LogP contribution in [0.5, 0.6) is 0 Å². The number of amides is 1. The highest BCUT2D eigenvalue weighted by Gasteiger charge is 2.31. The molecule has 2 atom stereocenters. The predicted molar refractivity (Wildman–Crippen MR) is 86.6 cm³/mol. The number of carbonyl (C=O) groups excluding carboxylic acids is 1. The second kappa shape index (κ2) is 6.99. The van der Waals surface area contributed by atoms with Crippen LogP contribution < -0.4 is 10.0 Å². The average Bonchev–Trinajstić information content (AvgIpc) is 2.48. The summed E-state index contributed by atoms with van der Waals surface area (Å²) in [4.78, 5) is 23.5. The highest BCUT2D eigenvalue weighted by atomic mass is 32.2. The Bertz CT molecular complexity index is 702. The summed E-state index contributed by atoms with van der Waals surface area (Å²) < 4.78 is 25.1. The zero-order valence-electron chi connectivity index (χ0n) is 12.8. The number of hydrogen-bond acceptors (Lipinski definition) is 4. The molecule has 1 aliphatic rings. The summed E-state index contributed by atoms with van der Waals surface area (Å²) >= 11 is 0. The van der Waals surface area contributed by atoms with Crippen molar-refractivity contribution in [2.75, 3.05) is 16.3 Å². The molecule has 2 unspecified atom stereocenters. The van der Waals surface area contributed by atoms with Gasteiger partial charge in [-0.3, -0.25) is 14.3 Å². The minimum absolute atomic E-state index is 0.279. The van der Waals surface area contributed by atoms with Crippen molar-refractivity contribution in [1.29, 1.82) is 0 Å². The van der Waals surface area contributed by atoms with Gasteiger partial charge in [0.2, 0.25) is 15.9 Å². The molecule has 1 fully saturated rings. The van der Waals surface area contributed by atoms with Crippen LogP contribution in [0.4, 0.5) is 11.4 Å². The number of para-hydroxylation sites is 2. The number of sulfonamides is 1. The van der Waals surface area contributed by atoms with Gasteiger partial charge in [-0.15, -0.1) is 0 Å². The van der Waals surface area contributed by atoms with E-state index in [4.69, 9.17) is 5.11 Å². The van der Waals surface area contributed by atoms with Gasteiger partial charge in [-0.25, -0.2) is 8.42 Å². The Hall–Kier alpha value is -2.09. The zero-order chi connectivity index (χ0) is 17.0. The van der Waals surface area contributed by atoms with Gasteiger partial charge in [0.25, 0.3) is 0 Å². The molecule has 3 N–H and O–H groups in total. The van der Waals surface area contributed by atoms with Gasteiger partial charge in [0.05, 0.1) is 23.5 Å². The summed E-state index contributed by atoms with van der Waals surface area (Å²) in [5.74, 6) is -2.03. The van der Waals surface area contributed by atoms with Crippen molar-refractivity contribution in [3.8, 4) is 0 Å². The highest BCUT2D eigenvalue weighted by Crippen LogP contribution is 2.31. The molecule has 23 heavy (non-hydrogen) atoms. The van der Waals surface area contributed by atoms with Gasteiger partial charge in [0.1, 0.15) is 0 Å². The molecule has 0 spiro atoms. The van der Waals surface area contributed by atoms with Crippen LogP contribution in [0, 0.1) is 11.8 Å². The molecule has 0 heterocycles. The quantitative estimate of drug-likeness (QED) is 0.757. The second-order valence-corrected chi connectivity index (χ2v) is 7.56. The SMILES string of the molecule is CS(=O)(=O)Nc1ccccc1NC(=O)C1CCCC(C(=O)O)C1. The lowest BCUT2D eigenvalue weighted by atomic mass is 9.81. The van der Waals surface area contributed by atoms with Crippen molar-refractivity contribution in [2.24, 2.45) is 11.8 Å². The monoisotopic (exact) mass is 340 g/mol. The topological polar surface area (TPSA) is 113 Å². The molecule has 126 valence electrons. The number of carboxylic acid groups (broad SMARTS) is 1. The maximum atomic E-state index is 12.4. The van der Waals surface area contributed by atoms with E-state index in [2.05, 4.69) is 10.0 Å². The minimum atomic E-state index is -3.46. The fourth-order valence-electron chi connectivity index (χ4n) is 2.77. The molecule has 7 nitrogen and oxygen atoms in total. The number of hydrogen-bond donors (Lipinski definition) is 3. The largest absolute Gasteiger partial charge is 0.481 e. The molecule has 1 aromatic carbocycles. The molecule has 1 saturated carbocycles. The Morgan fingerprint density at radius 3 is 2.35 bits per heavy atom. The molecule has 0 aromatic heterocycles. The summed E-state index contributed by atoms with van der Waals surface area (Å²) in [5, 5.41) is 11.8. The van der Waals surface area contributed by atoms with E-state index in [1.165, 1.54) is 0 Å². The second-order valence-electron chi connectivity index (χ2n) is 5.81. The molecule has 0 bridgehead atoms. The zero-order valence-corrected chi connectivity index (χ0v) is 13.6. The van der Waals surface area contributed by atoms with Crippen molar-refractivity contribution in [3.63, 3.8) is 0 Å². The number of carboxylic acids is 1. The van der Waals surface area contributed by atoms with Gasteiger partial charge >= 0.3 is 5.97 Å². The van der Waals surface area contributed by atoms with Crippen molar-refractivity contribution < 1.29 is 23.1 Å². The van der Waals surface area contributed by atoms with E-state index in [1.54, 1.807) is 24.3 Å². The standard InChI is InChI=1S/C15H20N2O5S/c1-23(21,22)17-13-8-3-2-7-12(13)16-14(18)10-5-4-6-11(9-10)15(19)20/h2-3,7-8,10-11,17H,4-6,9H2,1H3,(H,16,18)(H,19,20). The minimum Gasteiger partial charge on any atom is -0.481 e. The van der Waals surface area contributed by atoms with E-state index in [1.807, 2.05) is 0 Å². The Morgan fingerprint density at radius 2 is 1.74 bits per heavy atom. The summed E-state index contributed by atoms with van der Waals surface area (Å²) in [5.41, 5.74) is 0.648. The third-order valence-electron chi connectivity index (χ3n) is 3.87. The lowest BCUT2D eigenvalue weighted by Gasteiger charge is -2.26. The molecule has 1 aliphatic carbocycles. The van der Waals surface area contributed by atoms with Crippen LogP contribution in [-0.4, -0.2) is 31.7 Å². The smallest absolute Gasteiger partial charge is 0.306 e. The third kappa shape index (κ3) is 4.95. The molecule has 1 aromatic rings. The first-order valence-electron chi connectivity index (χ1n) is 7.37. The molecular formula is C15H20N2O5S. The number of benzene rings is 1. The van der Waals surface area contributed by atoms with Crippen LogP contribution in [0.2, 0.25) is 0 Å². The van der Waals surface area contributed by atoms with Gasteiger partial charge in [-0.2, -0.15) is 0 Å². The fraction of sp³-hybridized carbons (Fsp3) is 0.467. The van der Waals surface area contributed by atoms with Gasteiger partial charge in [0, 0.05) is 5.92 Å². The molecule has 1 amide bonds. The molecule has 2 rings (SSSR count). The van der Waals surface area contributed by atoms with E-state index in [0.717, 1.165) is 6.26 Å². The van der Waals surface area contributed by atoms with Crippen LogP contribution in [-0.2, 0) is 19.6 Å². The van der Waals surface area contributed by atoms with Crippen LogP contribution in [0.15, 0.2) is 24.3 Å². The number of rotatable bonds is 5. The molecule has 8 heteroatoms. The number of aliphatic carboxylic acids is 1. The van der Waals surface area contributed by atoms with E-state index in [9.17, 15) is 18.0 Å². The summed E-state index contributed by atoms with van der Waals surface area (Å²) in [6.07, 6.45) is 3.26. The van der Waals surface area contributed by atoms with E-state index in [0.29, 0.717) is 31.4 Å². The first-order valence-corrected chi connectivity index (χ1v) is 9.26. The Labute approximate surface area is 135 Å². The molecule has 0 saturated heterocycles. The van der Waals surface area contributed by atoms with Crippen molar-refractivity contribution in [3.05, 3.63) is 24.3 Å². The van der Waals surface area contributed by atoms with Gasteiger partial charge < -0.3 is 10.4 Å². The summed E-state index contributed by atoms with van der Waals surface area (Å²) in [6.45, 7) is 0. The van der Waals surface area contributed by atoms with Crippen LogP contribution in [0.3, 0.4) is 0 Å². The number of nitrogens with one attached hydrogen (secondary N) is 2. The van der Waals surface area contributed by atoms with Crippen LogP contribution >= 0.6 is 0 Å². The number of carbonyl (C=O) groups is 2. The molecule has 0 aliphatic heterocycles. The van der Waals surface area contributed by atoms with Crippen LogP contribution in [0.1, 0.15) is 25.7 Å². The van der Waals surface area contributed by atoms with Gasteiger partial charge in [0.15, 0.2) is 0 Å².